The Morgan fingerprint density at radius 3 is 2.69 bits per heavy atom. The van der Waals surface area contributed by atoms with Crippen LogP contribution >= 0.6 is 0 Å². The zero-order chi connectivity index (χ0) is 18.9. The van der Waals surface area contributed by atoms with Crippen molar-refractivity contribution in [2.45, 2.75) is 6.18 Å². The summed E-state index contributed by atoms with van der Waals surface area (Å²) in [6.07, 6.45) is -3.51. The van der Waals surface area contributed by atoms with Crippen molar-refractivity contribution < 1.29 is 18.0 Å². The Morgan fingerprint density at radius 2 is 2.04 bits per heavy atom. The Kier molecular flexibility index (Phi) is 4.36. The number of H-pyrrole nitrogens is 1. The number of aromatic amines is 1. The number of aromatic nitrogens is 5. The molecular weight excluding hydrogens is 351 g/mol. The molecule has 3 rings (SSSR count). The number of amides is 1. The van der Waals surface area contributed by atoms with E-state index in [2.05, 4.69) is 25.6 Å². The molecule has 0 radical (unpaired) electrons. The van der Waals surface area contributed by atoms with E-state index >= 15 is 0 Å². The number of halogens is 3. The molecule has 0 saturated carbocycles. The van der Waals surface area contributed by atoms with Crippen molar-refractivity contribution in [1.29, 1.82) is 0 Å². The fraction of sp³-hybridized carbons (Fsp3) is 0.200. The van der Waals surface area contributed by atoms with Crippen LogP contribution in [0.2, 0.25) is 0 Å². The molecule has 0 atom stereocenters. The molecule has 2 N–H and O–H groups in total. The third-order valence-electron chi connectivity index (χ3n) is 3.39. The molecule has 0 aliphatic carbocycles. The molecule has 3 aromatic rings. The van der Waals surface area contributed by atoms with E-state index < -0.39 is 17.8 Å². The second-order valence-electron chi connectivity index (χ2n) is 5.51. The largest absolute Gasteiger partial charge is 0.433 e. The van der Waals surface area contributed by atoms with Crippen LogP contribution in [0.4, 0.5) is 25.1 Å². The second kappa shape index (κ2) is 6.50. The monoisotopic (exact) mass is 365 g/mol. The van der Waals surface area contributed by atoms with Gasteiger partial charge in [0.15, 0.2) is 0 Å². The van der Waals surface area contributed by atoms with E-state index in [1.165, 1.54) is 24.3 Å². The van der Waals surface area contributed by atoms with Gasteiger partial charge in [0, 0.05) is 19.7 Å². The summed E-state index contributed by atoms with van der Waals surface area (Å²) in [6.45, 7) is 0. The van der Waals surface area contributed by atoms with Gasteiger partial charge in [-0.3, -0.25) is 10.1 Å². The first-order valence-corrected chi connectivity index (χ1v) is 7.38. The average Bonchev–Trinajstić information content (AvgIpc) is 3.23. The Morgan fingerprint density at radius 1 is 1.27 bits per heavy atom. The van der Waals surface area contributed by atoms with Gasteiger partial charge in [-0.25, -0.2) is 9.78 Å². The molecule has 11 heteroatoms. The zero-order valence-corrected chi connectivity index (χ0v) is 13.7. The number of benzene rings is 1. The molecule has 0 unspecified atom stereocenters. The van der Waals surface area contributed by atoms with Crippen LogP contribution in [0.5, 0.6) is 0 Å². The predicted octanol–water partition coefficient (Wildman–Crippen LogP) is 2.33. The van der Waals surface area contributed by atoms with Gasteiger partial charge in [0.05, 0.1) is 11.9 Å². The highest BCUT2D eigenvalue weighted by molar-refractivity contribution is 6.03. The highest BCUT2D eigenvalue weighted by atomic mass is 19.4. The van der Waals surface area contributed by atoms with Gasteiger partial charge in [-0.1, -0.05) is 6.07 Å². The Bertz CT molecular complexity index is 929. The summed E-state index contributed by atoms with van der Waals surface area (Å²) < 4.78 is 39.8. The lowest BCUT2D eigenvalue weighted by Crippen LogP contribution is -2.16. The lowest BCUT2D eigenvalue weighted by molar-refractivity contribution is -0.142. The fourth-order valence-corrected chi connectivity index (χ4v) is 2.19. The van der Waals surface area contributed by atoms with Crippen LogP contribution in [0, 0.1) is 0 Å². The van der Waals surface area contributed by atoms with Crippen molar-refractivity contribution in [3.8, 4) is 5.69 Å². The highest BCUT2D eigenvalue weighted by Gasteiger charge is 2.35. The first kappa shape index (κ1) is 17.5. The van der Waals surface area contributed by atoms with Gasteiger partial charge in [0.25, 0.3) is 5.91 Å². The van der Waals surface area contributed by atoms with Crippen molar-refractivity contribution in [1.82, 2.24) is 25.0 Å². The standard InChI is InChI=1S/C15H14F3N7O/c1-24(2)14-21-13(22-23-14)20-12(26)9-4-3-5-10(8-9)25-11(6-7-19-25)15(16,17)18/h3-8H,1-2H3,(H2,20,21,22,23,26). The van der Waals surface area contributed by atoms with Gasteiger partial charge < -0.3 is 4.90 Å². The molecule has 0 saturated heterocycles. The minimum absolute atomic E-state index is 0.113. The smallest absolute Gasteiger partial charge is 0.346 e. The minimum Gasteiger partial charge on any atom is -0.346 e. The maximum atomic E-state index is 13.0. The number of alkyl halides is 3. The van der Waals surface area contributed by atoms with Gasteiger partial charge in [0.2, 0.25) is 11.9 Å². The molecule has 0 spiro atoms. The second-order valence-corrected chi connectivity index (χ2v) is 5.51. The molecule has 136 valence electrons. The number of anilines is 2. The van der Waals surface area contributed by atoms with Crippen molar-refractivity contribution >= 4 is 17.8 Å². The summed E-state index contributed by atoms with van der Waals surface area (Å²) in [5.74, 6) is -0.0476. The molecule has 2 aromatic heterocycles. The van der Waals surface area contributed by atoms with E-state index in [4.69, 9.17) is 0 Å². The maximum Gasteiger partial charge on any atom is 0.433 e. The van der Waals surface area contributed by atoms with Gasteiger partial charge in [-0.2, -0.15) is 23.3 Å². The van der Waals surface area contributed by atoms with E-state index in [0.717, 1.165) is 16.9 Å². The number of hydrogen-bond acceptors (Lipinski definition) is 5. The van der Waals surface area contributed by atoms with Crippen molar-refractivity contribution in [2.24, 2.45) is 0 Å². The van der Waals surface area contributed by atoms with E-state index in [9.17, 15) is 18.0 Å². The average molecular weight is 365 g/mol. The summed E-state index contributed by atoms with van der Waals surface area (Å²) in [5.41, 5.74) is -0.670. The highest BCUT2D eigenvalue weighted by Crippen LogP contribution is 2.30. The molecular formula is C15H14F3N7O. The molecule has 0 aliphatic heterocycles. The van der Waals surface area contributed by atoms with Crippen LogP contribution in [-0.2, 0) is 6.18 Å². The zero-order valence-electron chi connectivity index (χ0n) is 13.7. The molecule has 1 aromatic carbocycles. The van der Waals surface area contributed by atoms with Crippen LogP contribution in [0.3, 0.4) is 0 Å². The first-order chi connectivity index (χ1) is 12.3. The van der Waals surface area contributed by atoms with E-state index in [-0.39, 0.29) is 17.2 Å². The Hall–Kier alpha value is -3.37. The molecule has 26 heavy (non-hydrogen) atoms. The summed E-state index contributed by atoms with van der Waals surface area (Å²) in [5, 5.41) is 12.6. The van der Waals surface area contributed by atoms with Crippen LogP contribution in [0.15, 0.2) is 36.5 Å². The first-order valence-electron chi connectivity index (χ1n) is 7.38. The Balaban J connectivity index is 1.85. The third-order valence-corrected chi connectivity index (χ3v) is 3.39. The quantitative estimate of drug-likeness (QED) is 0.740. The molecule has 0 fully saturated rings. The lowest BCUT2D eigenvalue weighted by Gasteiger charge is -2.11. The predicted molar refractivity (Wildman–Crippen MR) is 87.2 cm³/mol. The van der Waals surface area contributed by atoms with E-state index in [0.29, 0.717) is 5.95 Å². The fourth-order valence-electron chi connectivity index (χ4n) is 2.19. The molecule has 8 nitrogen and oxygen atoms in total. The summed E-state index contributed by atoms with van der Waals surface area (Å²) >= 11 is 0. The van der Waals surface area contributed by atoms with Gasteiger partial charge >= 0.3 is 6.18 Å². The van der Waals surface area contributed by atoms with Crippen LogP contribution in [0.25, 0.3) is 5.69 Å². The van der Waals surface area contributed by atoms with Gasteiger partial charge in [0.1, 0.15) is 5.69 Å². The number of nitrogens with one attached hydrogen (secondary N) is 2. The molecule has 0 bridgehead atoms. The SMILES string of the molecule is CN(C)c1n[nH]c(NC(=O)c2cccc(-n3nccc3C(F)(F)F)c2)n1. The lowest BCUT2D eigenvalue weighted by atomic mass is 10.2. The molecule has 2 heterocycles. The minimum atomic E-state index is -4.56. The number of carbonyl (C=O) groups excluding carboxylic acids is 1. The van der Waals surface area contributed by atoms with Gasteiger partial charge in [-0.05, 0) is 24.3 Å². The molecule has 1 amide bonds. The van der Waals surface area contributed by atoms with Gasteiger partial charge in [-0.15, -0.1) is 5.10 Å². The Labute approximate surface area is 145 Å². The maximum absolute atomic E-state index is 13.0. The van der Waals surface area contributed by atoms with Crippen LogP contribution in [0.1, 0.15) is 16.1 Å². The number of rotatable bonds is 4. The van der Waals surface area contributed by atoms with Crippen LogP contribution in [-0.4, -0.2) is 45.0 Å². The molecule has 0 aliphatic rings. The number of carbonyl (C=O) groups is 1. The van der Waals surface area contributed by atoms with E-state index in [1.807, 2.05) is 0 Å². The normalized spacial score (nSPS) is 11.4. The number of hydrogen-bond donors (Lipinski definition) is 2. The van der Waals surface area contributed by atoms with Crippen LogP contribution < -0.4 is 10.2 Å². The van der Waals surface area contributed by atoms with Crippen molar-refractivity contribution in [3.63, 3.8) is 0 Å². The number of nitrogens with zero attached hydrogens (tertiary/aromatic N) is 5. The third kappa shape index (κ3) is 3.50. The summed E-state index contributed by atoms with van der Waals surface area (Å²) in [6, 6.07) is 6.54. The topological polar surface area (TPSA) is 91.7 Å². The van der Waals surface area contributed by atoms with Crippen molar-refractivity contribution in [2.75, 3.05) is 24.3 Å². The summed E-state index contributed by atoms with van der Waals surface area (Å²) in [7, 11) is 3.47. The van der Waals surface area contributed by atoms with Crippen molar-refractivity contribution in [3.05, 3.63) is 47.8 Å². The summed E-state index contributed by atoms with van der Waals surface area (Å²) in [4.78, 5) is 18.0. The van der Waals surface area contributed by atoms with E-state index in [1.54, 1.807) is 19.0 Å².